The van der Waals surface area contributed by atoms with Gasteiger partial charge in [0.15, 0.2) is 18.4 Å². The second kappa shape index (κ2) is 17.0. The predicted molar refractivity (Wildman–Crippen MR) is 197 cm³/mol. The van der Waals surface area contributed by atoms with Gasteiger partial charge in [-0.25, -0.2) is 0 Å². The predicted octanol–water partition coefficient (Wildman–Crippen LogP) is 8.50. The number of rotatable bonds is 15. The van der Waals surface area contributed by atoms with Gasteiger partial charge < -0.3 is 38.3 Å². The largest absolute Gasteiger partial charge is 0.496 e. The highest BCUT2D eigenvalue weighted by atomic mass is 16.9. The fourth-order valence-corrected chi connectivity index (χ4v) is 6.55. The van der Waals surface area contributed by atoms with Gasteiger partial charge in [0, 0.05) is 17.9 Å². The molecule has 3 atom stereocenters. The molecule has 5 aromatic rings. The quantitative estimate of drug-likeness (QED) is 0.107. The molecule has 0 saturated carbocycles. The highest BCUT2D eigenvalue weighted by Crippen LogP contribution is 2.46. The van der Waals surface area contributed by atoms with Crippen LogP contribution in [0.1, 0.15) is 59.4 Å². The maximum absolute atomic E-state index is 12.3. The molecular weight excluding hydrogens is 672 g/mol. The Hall–Kier alpha value is -4.58. The van der Waals surface area contributed by atoms with Crippen LogP contribution in [0.3, 0.4) is 0 Å². The van der Waals surface area contributed by atoms with Gasteiger partial charge in [0.2, 0.25) is 0 Å². The van der Waals surface area contributed by atoms with Crippen LogP contribution in [-0.2, 0) is 60.0 Å². The Morgan fingerprint density at radius 3 is 1.87 bits per heavy atom. The smallest absolute Gasteiger partial charge is 0.318 e. The van der Waals surface area contributed by atoms with E-state index in [2.05, 4.69) is 0 Å². The number of para-hydroxylation sites is 1. The Labute approximate surface area is 310 Å². The van der Waals surface area contributed by atoms with Crippen molar-refractivity contribution in [2.45, 2.75) is 63.9 Å². The molecule has 0 aliphatic carbocycles. The summed E-state index contributed by atoms with van der Waals surface area (Å²) in [5, 5.41) is 12.3. The lowest BCUT2D eigenvalue weighted by Gasteiger charge is -2.44. The van der Waals surface area contributed by atoms with E-state index < -0.39 is 24.3 Å². The van der Waals surface area contributed by atoms with Crippen molar-refractivity contribution in [3.8, 4) is 11.5 Å². The summed E-state index contributed by atoms with van der Waals surface area (Å²) in [6.07, 6.45) is -0.683. The summed E-state index contributed by atoms with van der Waals surface area (Å²) in [6.45, 7) is 3.58. The highest BCUT2D eigenvalue weighted by Gasteiger charge is 2.48. The number of methoxy groups -OCH3 is 1. The zero-order valence-electron chi connectivity index (χ0n) is 30.1. The standard InChI is InChI=1S/C44H46O9/c1-32-24-25-43(45,36-22-23-39(46-2)37(28-36)42-47-26-27-48-42)52-41(32)53-44(50-30-34-16-8-4-9-17-34,51-31-35-18-10-5-11-19-35)38-20-12-13-21-40(38)49-29-33-14-6-3-7-15-33/h3-23,28,32,41-42,45H,24-27,29-31H2,1-2H3. The molecule has 7 rings (SSSR count). The van der Waals surface area contributed by atoms with E-state index in [9.17, 15) is 5.11 Å². The number of hydrogen-bond donors (Lipinski definition) is 1. The lowest BCUT2D eigenvalue weighted by Crippen LogP contribution is -2.49. The van der Waals surface area contributed by atoms with Crippen molar-refractivity contribution < 1.29 is 43.0 Å². The van der Waals surface area contributed by atoms with Gasteiger partial charge >= 0.3 is 5.97 Å². The highest BCUT2D eigenvalue weighted by molar-refractivity contribution is 5.40. The lowest BCUT2D eigenvalue weighted by molar-refractivity contribution is -0.469. The zero-order chi connectivity index (χ0) is 36.5. The van der Waals surface area contributed by atoms with E-state index in [0.29, 0.717) is 60.9 Å². The Bertz CT molecular complexity index is 1840. The van der Waals surface area contributed by atoms with E-state index >= 15 is 0 Å². The Kier molecular flexibility index (Phi) is 11.8. The maximum Gasteiger partial charge on any atom is 0.318 e. The van der Waals surface area contributed by atoms with Crippen LogP contribution in [0.2, 0.25) is 0 Å². The summed E-state index contributed by atoms with van der Waals surface area (Å²) >= 11 is 0. The van der Waals surface area contributed by atoms with E-state index in [4.69, 9.17) is 37.9 Å². The normalized spacial score (nSPS) is 20.7. The van der Waals surface area contributed by atoms with E-state index in [0.717, 1.165) is 16.7 Å². The van der Waals surface area contributed by atoms with Crippen LogP contribution >= 0.6 is 0 Å². The fraction of sp³-hybridized carbons (Fsp3) is 0.318. The van der Waals surface area contributed by atoms with Crippen molar-refractivity contribution in [3.63, 3.8) is 0 Å². The van der Waals surface area contributed by atoms with Gasteiger partial charge in [0.1, 0.15) is 18.1 Å². The third kappa shape index (κ3) is 8.80. The SMILES string of the molecule is COc1ccc(C2(O)CCC(C)C(OC(OCc3ccccc3)(OCc3ccccc3)c3ccccc3OCc3ccccc3)O2)cc1C1OCCO1. The zero-order valence-corrected chi connectivity index (χ0v) is 30.1. The van der Waals surface area contributed by atoms with Crippen molar-refractivity contribution >= 4 is 0 Å². The molecule has 2 heterocycles. The van der Waals surface area contributed by atoms with Crippen LogP contribution in [-0.4, -0.2) is 31.7 Å². The first-order valence-electron chi connectivity index (χ1n) is 18.1. The molecule has 9 nitrogen and oxygen atoms in total. The van der Waals surface area contributed by atoms with Crippen LogP contribution in [0.4, 0.5) is 0 Å². The molecule has 2 aliphatic rings. The Balaban J connectivity index is 1.27. The molecule has 1 N–H and O–H groups in total. The molecule has 0 aromatic heterocycles. The first kappa shape index (κ1) is 36.8. The second-order valence-corrected chi connectivity index (χ2v) is 13.3. The molecule has 5 aromatic carbocycles. The first-order valence-corrected chi connectivity index (χ1v) is 18.1. The van der Waals surface area contributed by atoms with Gasteiger partial charge in [-0.1, -0.05) is 110 Å². The molecule has 2 aliphatic heterocycles. The monoisotopic (exact) mass is 718 g/mol. The minimum atomic E-state index is -1.84. The van der Waals surface area contributed by atoms with Crippen LogP contribution in [0.5, 0.6) is 11.5 Å². The molecule has 3 unspecified atom stereocenters. The lowest BCUT2D eigenvalue weighted by atomic mass is 9.90. The van der Waals surface area contributed by atoms with Crippen LogP contribution in [0.25, 0.3) is 0 Å². The topological polar surface area (TPSA) is 94.1 Å². The van der Waals surface area contributed by atoms with Crippen molar-refractivity contribution in [3.05, 3.63) is 167 Å². The van der Waals surface area contributed by atoms with Crippen molar-refractivity contribution in [1.29, 1.82) is 0 Å². The second-order valence-electron chi connectivity index (χ2n) is 13.3. The minimum Gasteiger partial charge on any atom is -0.496 e. The van der Waals surface area contributed by atoms with Crippen LogP contribution in [0.15, 0.2) is 133 Å². The first-order chi connectivity index (χ1) is 25.9. The number of benzene rings is 5. The van der Waals surface area contributed by atoms with E-state index in [-0.39, 0.29) is 19.1 Å². The van der Waals surface area contributed by atoms with Crippen molar-refractivity contribution in [1.82, 2.24) is 0 Å². The average molecular weight is 719 g/mol. The van der Waals surface area contributed by atoms with E-state index in [1.54, 1.807) is 19.2 Å². The third-order valence-corrected chi connectivity index (χ3v) is 9.54. The summed E-state index contributed by atoms with van der Waals surface area (Å²) in [5.74, 6) is -2.60. The van der Waals surface area contributed by atoms with Crippen LogP contribution in [0, 0.1) is 5.92 Å². The Morgan fingerprint density at radius 2 is 1.26 bits per heavy atom. The summed E-state index contributed by atoms with van der Waals surface area (Å²) in [4.78, 5) is 0. The molecular formula is C44H46O9. The fourth-order valence-electron chi connectivity index (χ4n) is 6.55. The molecule has 0 radical (unpaired) electrons. The Morgan fingerprint density at radius 1 is 0.698 bits per heavy atom. The number of hydrogen-bond acceptors (Lipinski definition) is 9. The molecule has 276 valence electrons. The molecule has 53 heavy (non-hydrogen) atoms. The molecule has 9 heteroatoms. The van der Waals surface area contributed by atoms with Gasteiger partial charge in [-0.05, 0) is 53.4 Å². The van der Waals surface area contributed by atoms with Crippen molar-refractivity contribution in [2.24, 2.45) is 5.92 Å². The summed E-state index contributed by atoms with van der Waals surface area (Å²) in [6, 6.07) is 42.6. The molecule has 0 spiro atoms. The van der Waals surface area contributed by atoms with Crippen LogP contribution < -0.4 is 9.47 Å². The van der Waals surface area contributed by atoms with E-state index in [1.807, 2.05) is 128 Å². The minimum absolute atomic E-state index is 0.150. The summed E-state index contributed by atoms with van der Waals surface area (Å²) in [5.41, 5.74) is 4.57. The number of ether oxygens (including phenoxy) is 8. The van der Waals surface area contributed by atoms with E-state index in [1.165, 1.54) is 0 Å². The van der Waals surface area contributed by atoms with Gasteiger partial charge in [-0.2, -0.15) is 0 Å². The molecule has 0 amide bonds. The van der Waals surface area contributed by atoms with Gasteiger partial charge in [-0.3, -0.25) is 4.74 Å². The van der Waals surface area contributed by atoms with Gasteiger partial charge in [0.05, 0.1) is 44.7 Å². The average Bonchev–Trinajstić information content (AvgIpc) is 3.76. The molecule has 2 fully saturated rings. The molecule has 0 bridgehead atoms. The van der Waals surface area contributed by atoms with Gasteiger partial charge in [-0.15, -0.1) is 0 Å². The summed E-state index contributed by atoms with van der Waals surface area (Å²) < 4.78 is 51.0. The van der Waals surface area contributed by atoms with Gasteiger partial charge in [0.25, 0.3) is 0 Å². The molecule has 2 saturated heterocycles. The van der Waals surface area contributed by atoms with Crippen molar-refractivity contribution in [2.75, 3.05) is 20.3 Å². The third-order valence-electron chi connectivity index (χ3n) is 9.54. The number of aliphatic hydroxyl groups is 1. The summed E-state index contributed by atoms with van der Waals surface area (Å²) in [7, 11) is 1.59. The maximum atomic E-state index is 12.3.